The number of rotatable bonds is 4. The molecule has 0 spiro atoms. The molecule has 2 N–H and O–H groups in total. The normalized spacial score (nSPS) is 18.9. The lowest BCUT2D eigenvalue weighted by atomic mass is 10.1. The average molecular weight is 377 g/mol. The van der Waals surface area contributed by atoms with E-state index < -0.39 is 0 Å². The zero-order chi connectivity index (χ0) is 14.7. The molecule has 0 aromatic heterocycles. The van der Waals surface area contributed by atoms with Crippen LogP contribution in [0.5, 0.6) is 0 Å². The number of halogens is 2. The van der Waals surface area contributed by atoms with Crippen molar-refractivity contribution in [3.63, 3.8) is 0 Å². The fourth-order valence-corrected chi connectivity index (χ4v) is 3.26. The molecule has 1 aliphatic rings. The first-order valence-electron chi connectivity index (χ1n) is 6.67. The van der Waals surface area contributed by atoms with Gasteiger partial charge >= 0.3 is 0 Å². The van der Waals surface area contributed by atoms with Crippen LogP contribution in [0.3, 0.4) is 0 Å². The molecule has 2 rings (SSSR count). The van der Waals surface area contributed by atoms with Gasteiger partial charge in [0.2, 0.25) is 0 Å². The molecule has 1 fully saturated rings. The van der Waals surface area contributed by atoms with E-state index in [0.29, 0.717) is 4.99 Å². The van der Waals surface area contributed by atoms with E-state index in [9.17, 15) is 0 Å². The Balaban J connectivity index is 1.90. The Morgan fingerprint density at radius 3 is 2.60 bits per heavy atom. The summed E-state index contributed by atoms with van der Waals surface area (Å²) in [6.07, 6.45) is 0. The van der Waals surface area contributed by atoms with Crippen molar-refractivity contribution in [3.8, 4) is 0 Å². The Hall–Kier alpha value is -0.200. The van der Waals surface area contributed by atoms with Crippen molar-refractivity contribution in [2.45, 2.75) is 19.5 Å². The van der Waals surface area contributed by atoms with Gasteiger partial charge in [-0.05, 0) is 24.6 Å². The standard InChI is InChI=1S/C14H19BrClN3S/c1-10(14(17)20)19-6-4-18(5-7-19)9-11-2-3-12(15)8-13(11)16/h2-3,8,10H,4-7,9H2,1H3,(H2,17,20). The van der Waals surface area contributed by atoms with Gasteiger partial charge in [-0.15, -0.1) is 0 Å². The van der Waals surface area contributed by atoms with Crippen LogP contribution in [-0.2, 0) is 6.54 Å². The van der Waals surface area contributed by atoms with E-state index in [0.717, 1.165) is 42.2 Å². The van der Waals surface area contributed by atoms with E-state index in [1.807, 2.05) is 12.1 Å². The second-order valence-electron chi connectivity index (χ2n) is 5.13. The third-order valence-corrected chi connectivity index (χ3v) is 4.96. The summed E-state index contributed by atoms with van der Waals surface area (Å²) >= 11 is 14.8. The molecule has 1 atom stereocenters. The lowest BCUT2D eigenvalue weighted by Crippen LogP contribution is -2.52. The van der Waals surface area contributed by atoms with Gasteiger partial charge in [-0.25, -0.2) is 0 Å². The fraction of sp³-hybridized carbons (Fsp3) is 0.500. The van der Waals surface area contributed by atoms with Gasteiger partial charge in [0.1, 0.15) is 0 Å². The van der Waals surface area contributed by atoms with Crippen LogP contribution >= 0.6 is 39.7 Å². The van der Waals surface area contributed by atoms with Gasteiger partial charge in [0.15, 0.2) is 0 Å². The summed E-state index contributed by atoms with van der Waals surface area (Å²) in [6.45, 7) is 6.98. The minimum atomic E-state index is 0.184. The third kappa shape index (κ3) is 4.15. The molecular weight excluding hydrogens is 358 g/mol. The number of nitrogens with two attached hydrogens (primary N) is 1. The molecule has 20 heavy (non-hydrogen) atoms. The van der Waals surface area contributed by atoms with E-state index >= 15 is 0 Å². The van der Waals surface area contributed by atoms with E-state index in [1.165, 1.54) is 5.56 Å². The molecule has 1 heterocycles. The molecule has 0 amide bonds. The highest BCUT2D eigenvalue weighted by Crippen LogP contribution is 2.23. The number of hydrogen-bond donors (Lipinski definition) is 1. The third-order valence-electron chi connectivity index (χ3n) is 3.78. The maximum absolute atomic E-state index is 6.27. The molecule has 1 aromatic carbocycles. The minimum absolute atomic E-state index is 0.184. The lowest BCUT2D eigenvalue weighted by Gasteiger charge is -2.37. The van der Waals surface area contributed by atoms with E-state index in [-0.39, 0.29) is 6.04 Å². The zero-order valence-electron chi connectivity index (χ0n) is 11.5. The molecule has 1 aliphatic heterocycles. The van der Waals surface area contributed by atoms with Crippen LogP contribution in [0.15, 0.2) is 22.7 Å². The molecule has 3 nitrogen and oxygen atoms in total. The van der Waals surface area contributed by atoms with E-state index in [4.69, 9.17) is 29.6 Å². The quantitative estimate of drug-likeness (QED) is 0.819. The summed E-state index contributed by atoms with van der Waals surface area (Å²) in [5, 5.41) is 0.818. The number of benzene rings is 1. The van der Waals surface area contributed by atoms with Crippen LogP contribution < -0.4 is 5.73 Å². The summed E-state index contributed by atoms with van der Waals surface area (Å²) in [5.74, 6) is 0. The van der Waals surface area contributed by atoms with Gasteiger partial charge in [0.05, 0.1) is 11.0 Å². The molecule has 0 bridgehead atoms. The van der Waals surface area contributed by atoms with Crippen LogP contribution in [0.4, 0.5) is 0 Å². The van der Waals surface area contributed by atoms with Gasteiger partial charge in [-0.3, -0.25) is 9.80 Å². The molecule has 1 aromatic rings. The van der Waals surface area contributed by atoms with Crippen LogP contribution in [0.25, 0.3) is 0 Å². The Morgan fingerprint density at radius 1 is 1.40 bits per heavy atom. The molecule has 1 unspecified atom stereocenters. The predicted molar refractivity (Wildman–Crippen MR) is 92.2 cm³/mol. The fourth-order valence-electron chi connectivity index (χ4n) is 2.38. The summed E-state index contributed by atoms with van der Waals surface area (Å²) in [6, 6.07) is 6.24. The molecule has 110 valence electrons. The summed E-state index contributed by atoms with van der Waals surface area (Å²) in [4.78, 5) is 5.33. The first-order chi connectivity index (χ1) is 9.47. The number of piperazine rings is 1. The molecule has 6 heteroatoms. The minimum Gasteiger partial charge on any atom is -0.392 e. The summed E-state index contributed by atoms with van der Waals surface area (Å²) in [7, 11) is 0. The van der Waals surface area contributed by atoms with Crippen LogP contribution in [0, 0.1) is 0 Å². The molecular formula is C14H19BrClN3S. The molecule has 0 radical (unpaired) electrons. The first kappa shape index (κ1) is 16.2. The van der Waals surface area contributed by atoms with Crippen molar-refractivity contribution in [1.82, 2.24) is 9.80 Å². The maximum atomic E-state index is 6.27. The zero-order valence-corrected chi connectivity index (χ0v) is 14.6. The average Bonchev–Trinajstić information content (AvgIpc) is 2.42. The van der Waals surface area contributed by atoms with E-state index in [1.54, 1.807) is 0 Å². The first-order valence-corrected chi connectivity index (χ1v) is 8.25. The number of thiocarbonyl (C=S) groups is 1. The summed E-state index contributed by atoms with van der Waals surface area (Å²) in [5.41, 5.74) is 6.89. The monoisotopic (exact) mass is 375 g/mol. The molecule has 0 aliphatic carbocycles. The predicted octanol–water partition coefficient (Wildman–Crippen LogP) is 2.89. The highest BCUT2D eigenvalue weighted by molar-refractivity contribution is 9.10. The van der Waals surface area contributed by atoms with Gasteiger partial charge < -0.3 is 5.73 Å². The lowest BCUT2D eigenvalue weighted by molar-refractivity contribution is 0.118. The van der Waals surface area contributed by atoms with E-state index in [2.05, 4.69) is 38.7 Å². The highest BCUT2D eigenvalue weighted by atomic mass is 79.9. The van der Waals surface area contributed by atoms with Crippen LogP contribution in [0.1, 0.15) is 12.5 Å². The van der Waals surface area contributed by atoms with Crippen LogP contribution in [0.2, 0.25) is 5.02 Å². The van der Waals surface area contributed by atoms with Gasteiger partial charge in [-0.2, -0.15) is 0 Å². The van der Waals surface area contributed by atoms with Crippen molar-refractivity contribution < 1.29 is 0 Å². The van der Waals surface area contributed by atoms with Crippen molar-refractivity contribution >= 4 is 44.7 Å². The van der Waals surface area contributed by atoms with Gasteiger partial charge in [0, 0.05) is 42.2 Å². The smallest absolute Gasteiger partial charge is 0.0899 e. The Bertz CT molecular complexity index is 489. The topological polar surface area (TPSA) is 32.5 Å². The second kappa shape index (κ2) is 7.18. The Kier molecular flexibility index (Phi) is 5.81. The molecule has 0 saturated carbocycles. The maximum Gasteiger partial charge on any atom is 0.0899 e. The second-order valence-corrected chi connectivity index (χ2v) is 6.92. The Morgan fingerprint density at radius 2 is 2.05 bits per heavy atom. The van der Waals surface area contributed by atoms with Crippen molar-refractivity contribution in [2.24, 2.45) is 5.73 Å². The SMILES string of the molecule is CC(C(N)=S)N1CCN(Cc2ccc(Br)cc2Cl)CC1. The number of hydrogen-bond acceptors (Lipinski definition) is 3. The largest absolute Gasteiger partial charge is 0.392 e. The Labute approximate surface area is 139 Å². The highest BCUT2D eigenvalue weighted by Gasteiger charge is 2.22. The van der Waals surface area contributed by atoms with Crippen molar-refractivity contribution in [2.75, 3.05) is 26.2 Å². The molecule has 1 saturated heterocycles. The van der Waals surface area contributed by atoms with Crippen molar-refractivity contribution in [1.29, 1.82) is 0 Å². The van der Waals surface area contributed by atoms with Crippen molar-refractivity contribution in [3.05, 3.63) is 33.3 Å². The summed E-state index contributed by atoms with van der Waals surface area (Å²) < 4.78 is 1.02. The van der Waals surface area contributed by atoms with Crippen LogP contribution in [-0.4, -0.2) is 47.0 Å². The van der Waals surface area contributed by atoms with Gasteiger partial charge in [0.25, 0.3) is 0 Å². The number of nitrogens with zero attached hydrogens (tertiary/aromatic N) is 2. The van der Waals surface area contributed by atoms with Gasteiger partial charge in [-0.1, -0.05) is 45.8 Å².